The van der Waals surface area contributed by atoms with Gasteiger partial charge >= 0.3 is 0 Å². The number of nitrogens with two attached hydrogens (primary N) is 1. The molecule has 0 saturated heterocycles. The summed E-state index contributed by atoms with van der Waals surface area (Å²) in [6.45, 7) is 13.6. The molecule has 92 valence electrons. The Morgan fingerprint density at radius 2 is 1.88 bits per heavy atom. The molecule has 0 unspecified atom stereocenters. The highest BCUT2D eigenvalue weighted by atomic mass is 16.1. The largest absolute Gasteiger partial charge is 0.398 e. The van der Waals surface area contributed by atoms with Gasteiger partial charge in [-0.15, -0.1) is 0 Å². The zero-order valence-electron chi connectivity index (χ0n) is 10.9. The van der Waals surface area contributed by atoms with Gasteiger partial charge < -0.3 is 10.5 Å². The van der Waals surface area contributed by atoms with Crippen LogP contribution in [0.4, 0.5) is 0 Å². The van der Waals surface area contributed by atoms with E-state index in [0.29, 0.717) is 12.1 Å². The molecule has 0 amide bonds. The number of hydrogen-bond acceptors (Lipinski definition) is 2. The maximum Gasteiger partial charge on any atom is 0.124 e. The highest BCUT2D eigenvalue weighted by Crippen LogP contribution is 2.36. The van der Waals surface area contributed by atoms with Gasteiger partial charge in [-0.3, -0.25) is 0 Å². The first-order chi connectivity index (χ1) is 8.17. The van der Waals surface area contributed by atoms with Gasteiger partial charge in [0.25, 0.3) is 0 Å². The Hall–Kier alpha value is -1.83. The Morgan fingerprint density at radius 3 is 2.29 bits per heavy atom. The quantitative estimate of drug-likeness (QED) is 0.753. The molecule has 0 aliphatic heterocycles. The lowest BCUT2D eigenvalue weighted by Crippen LogP contribution is -2.00. The van der Waals surface area contributed by atoms with Crippen molar-refractivity contribution in [3.8, 4) is 0 Å². The summed E-state index contributed by atoms with van der Waals surface area (Å²) in [7, 11) is 0. The van der Waals surface area contributed by atoms with Gasteiger partial charge in [0.15, 0.2) is 0 Å². The predicted molar refractivity (Wildman–Crippen MR) is 74.4 cm³/mol. The third kappa shape index (κ3) is 3.06. The van der Waals surface area contributed by atoms with Crippen molar-refractivity contribution in [3.05, 3.63) is 59.4 Å². The molecule has 2 N–H and O–H groups in total. The van der Waals surface area contributed by atoms with E-state index in [-0.39, 0.29) is 0 Å². The van der Waals surface area contributed by atoms with Crippen LogP contribution in [-0.2, 0) is 4.79 Å². The van der Waals surface area contributed by atoms with E-state index in [2.05, 4.69) is 13.2 Å². The molecule has 0 fully saturated rings. The molecule has 0 bridgehead atoms. The Bertz CT molecular complexity index is 409. The van der Waals surface area contributed by atoms with E-state index in [0.717, 1.165) is 28.6 Å². The summed E-state index contributed by atoms with van der Waals surface area (Å²) >= 11 is 0. The topological polar surface area (TPSA) is 43.1 Å². The van der Waals surface area contributed by atoms with E-state index in [1.165, 1.54) is 0 Å². The van der Waals surface area contributed by atoms with Gasteiger partial charge in [-0.1, -0.05) is 45.2 Å². The second kappa shape index (κ2) is 7.44. The average molecular weight is 231 g/mol. The molecule has 2 nitrogen and oxygen atoms in total. The molecule has 0 aromatic carbocycles. The molecule has 0 saturated carbocycles. The average Bonchev–Trinajstić information content (AvgIpc) is 2.58. The zero-order valence-corrected chi connectivity index (χ0v) is 10.9. The van der Waals surface area contributed by atoms with Crippen molar-refractivity contribution in [2.75, 3.05) is 0 Å². The van der Waals surface area contributed by atoms with Crippen molar-refractivity contribution >= 4 is 6.29 Å². The third-order valence-electron chi connectivity index (χ3n) is 2.42. The highest BCUT2D eigenvalue weighted by molar-refractivity contribution is 5.72. The van der Waals surface area contributed by atoms with Gasteiger partial charge in [0.2, 0.25) is 0 Å². The summed E-state index contributed by atoms with van der Waals surface area (Å²) in [4.78, 5) is 10.5. The minimum Gasteiger partial charge on any atom is -0.398 e. The number of carbonyl (C=O) groups excluding carboxylic acids is 1. The van der Waals surface area contributed by atoms with E-state index >= 15 is 0 Å². The van der Waals surface area contributed by atoms with Crippen molar-refractivity contribution in [1.82, 2.24) is 0 Å². The first kappa shape index (κ1) is 15.2. The van der Waals surface area contributed by atoms with Crippen LogP contribution in [0.3, 0.4) is 0 Å². The van der Waals surface area contributed by atoms with Crippen molar-refractivity contribution < 1.29 is 4.79 Å². The molecule has 1 rings (SSSR count). The van der Waals surface area contributed by atoms with Crippen LogP contribution < -0.4 is 5.73 Å². The number of rotatable bonds is 4. The molecule has 0 heterocycles. The molecule has 2 heteroatoms. The van der Waals surface area contributed by atoms with Crippen LogP contribution in [0.25, 0.3) is 0 Å². The smallest absolute Gasteiger partial charge is 0.124 e. The molecule has 1 aliphatic rings. The van der Waals surface area contributed by atoms with Gasteiger partial charge in [-0.25, -0.2) is 0 Å². The first-order valence-electron chi connectivity index (χ1n) is 5.79. The van der Waals surface area contributed by atoms with Gasteiger partial charge in [0.1, 0.15) is 6.29 Å². The lowest BCUT2D eigenvalue weighted by Gasteiger charge is -2.00. The molecule has 0 atom stereocenters. The number of aldehydes is 1. The summed E-state index contributed by atoms with van der Waals surface area (Å²) in [5.41, 5.74) is 9.98. The monoisotopic (exact) mass is 231 g/mol. The van der Waals surface area contributed by atoms with Gasteiger partial charge in [-0.2, -0.15) is 0 Å². The van der Waals surface area contributed by atoms with Gasteiger partial charge in [0, 0.05) is 12.1 Å². The normalized spacial score (nSPS) is 15.1. The summed E-state index contributed by atoms with van der Waals surface area (Å²) in [5.74, 6) is 0. The molecule has 0 spiro atoms. The SMILES string of the molecule is C=CC1=C(/C=C\C)C(=C)C(N)=C1CC=O.CC. The highest BCUT2D eigenvalue weighted by Gasteiger charge is 2.22. The molecule has 1 aliphatic carbocycles. The van der Waals surface area contributed by atoms with E-state index in [4.69, 9.17) is 5.73 Å². The van der Waals surface area contributed by atoms with Crippen molar-refractivity contribution in [2.24, 2.45) is 5.73 Å². The molecular formula is C15H21NO. The second-order valence-corrected chi connectivity index (χ2v) is 3.27. The maximum atomic E-state index is 10.5. The van der Waals surface area contributed by atoms with E-state index in [9.17, 15) is 4.79 Å². The molecule has 0 radical (unpaired) electrons. The van der Waals surface area contributed by atoms with Gasteiger partial charge in [0.05, 0.1) is 0 Å². The lowest BCUT2D eigenvalue weighted by molar-refractivity contribution is -0.107. The first-order valence-corrected chi connectivity index (χ1v) is 5.79. The van der Waals surface area contributed by atoms with E-state index in [1.807, 2.05) is 32.9 Å². The van der Waals surface area contributed by atoms with Crippen LogP contribution in [0.1, 0.15) is 27.2 Å². The fraction of sp³-hybridized carbons (Fsp3) is 0.267. The van der Waals surface area contributed by atoms with Crippen LogP contribution in [0.5, 0.6) is 0 Å². The standard InChI is InChI=1S/C13H15NO.C2H6/c1-4-6-11-9(3)13(14)12(7-8-15)10(11)5-2;1-2/h4-6,8H,2-3,7,14H2,1H3;1-2H3/b6-4-;. The van der Waals surface area contributed by atoms with Crippen LogP contribution in [0.2, 0.25) is 0 Å². The molecular weight excluding hydrogens is 210 g/mol. The van der Waals surface area contributed by atoms with Crippen molar-refractivity contribution in [2.45, 2.75) is 27.2 Å². The van der Waals surface area contributed by atoms with E-state index < -0.39 is 0 Å². The Balaban J connectivity index is 0.00000121. The van der Waals surface area contributed by atoms with Crippen molar-refractivity contribution in [3.63, 3.8) is 0 Å². The Labute approximate surface area is 104 Å². The van der Waals surface area contributed by atoms with Crippen LogP contribution in [-0.4, -0.2) is 6.29 Å². The van der Waals surface area contributed by atoms with Gasteiger partial charge in [-0.05, 0) is 29.2 Å². The molecule has 0 aromatic heterocycles. The Kier molecular flexibility index (Phi) is 6.64. The lowest BCUT2D eigenvalue weighted by atomic mass is 10.0. The summed E-state index contributed by atoms with van der Waals surface area (Å²) in [6.07, 6.45) is 6.73. The fourth-order valence-corrected chi connectivity index (χ4v) is 1.69. The third-order valence-corrected chi connectivity index (χ3v) is 2.42. The summed E-state index contributed by atoms with van der Waals surface area (Å²) < 4.78 is 0. The summed E-state index contributed by atoms with van der Waals surface area (Å²) in [6, 6.07) is 0. The maximum absolute atomic E-state index is 10.5. The number of carbonyl (C=O) groups is 1. The number of hydrogen-bond donors (Lipinski definition) is 1. The molecule has 17 heavy (non-hydrogen) atoms. The second-order valence-electron chi connectivity index (χ2n) is 3.27. The minimum atomic E-state index is 0.313. The Morgan fingerprint density at radius 1 is 1.29 bits per heavy atom. The minimum absolute atomic E-state index is 0.313. The van der Waals surface area contributed by atoms with Crippen LogP contribution >= 0.6 is 0 Å². The fourth-order valence-electron chi connectivity index (χ4n) is 1.69. The van der Waals surface area contributed by atoms with Crippen molar-refractivity contribution in [1.29, 1.82) is 0 Å². The zero-order chi connectivity index (χ0) is 13.4. The van der Waals surface area contributed by atoms with Crippen LogP contribution in [0.15, 0.2) is 59.4 Å². The predicted octanol–water partition coefficient (Wildman–Crippen LogP) is 3.44. The van der Waals surface area contributed by atoms with Crippen LogP contribution in [0, 0.1) is 0 Å². The van der Waals surface area contributed by atoms with E-state index in [1.54, 1.807) is 6.08 Å². The molecule has 0 aromatic rings. The number of allylic oxidation sites excluding steroid dienone is 6. The summed E-state index contributed by atoms with van der Waals surface area (Å²) in [5, 5.41) is 0.